The zero-order chi connectivity index (χ0) is 15.0. The van der Waals surface area contributed by atoms with Crippen LogP contribution in [0.15, 0.2) is 36.0 Å². The number of benzene rings is 1. The minimum absolute atomic E-state index is 0.0940. The third-order valence-corrected chi connectivity index (χ3v) is 3.91. The summed E-state index contributed by atoms with van der Waals surface area (Å²) in [6.45, 7) is 6.26. The van der Waals surface area contributed by atoms with Crippen LogP contribution in [0, 0.1) is 5.82 Å². The zero-order valence-electron chi connectivity index (χ0n) is 12.1. The third kappa shape index (κ3) is 2.88. The number of halogens is 1. The van der Waals surface area contributed by atoms with E-state index in [9.17, 15) is 4.39 Å². The van der Waals surface area contributed by atoms with Crippen LogP contribution in [0.2, 0.25) is 0 Å². The minimum atomic E-state index is -0.234. The first-order chi connectivity index (χ1) is 9.94. The monoisotopic (exact) mass is 301 g/mol. The first-order valence-corrected chi connectivity index (χ1v) is 7.58. The summed E-state index contributed by atoms with van der Waals surface area (Å²) < 4.78 is 13.1. The molecule has 108 valence electrons. The number of nitrogens with one attached hydrogen (secondary N) is 1. The van der Waals surface area contributed by atoms with Gasteiger partial charge in [-0.05, 0) is 38.5 Å². The van der Waals surface area contributed by atoms with Gasteiger partial charge >= 0.3 is 0 Å². The smallest absolute Gasteiger partial charge is 0.139 e. The quantitative estimate of drug-likeness (QED) is 0.745. The number of thiophene rings is 1. The number of hydrogen-bond acceptors (Lipinski definition) is 4. The molecule has 0 atom stereocenters. The molecular formula is C16H16FN3S. The van der Waals surface area contributed by atoms with Gasteiger partial charge in [0.1, 0.15) is 22.8 Å². The van der Waals surface area contributed by atoms with E-state index >= 15 is 0 Å². The lowest BCUT2D eigenvalue weighted by atomic mass is 10.0. The zero-order valence-corrected chi connectivity index (χ0v) is 13.0. The fourth-order valence-electron chi connectivity index (χ4n) is 2.17. The number of fused-ring (bicyclic) bond motifs is 1. The molecule has 0 amide bonds. The van der Waals surface area contributed by atoms with Crippen LogP contribution < -0.4 is 5.32 Å². The minimum Gasteiger partial charge on any atom is -0.365 e. The summed E-state index contributed by atoms with van der Waals surface area (Å²) in [5.41, 5.74) is 1.90. The molecule has 0 unspecified atom stereocenters. The normalized spacial score (nSPS) is 11.8. The van der Waals surface area contributed by atoms with E-state index in [4.69, 9.17) is 0 Å². The molecule has 0 aliphatic rings. The molecule has 3 nitrogen and oxygen atoms in total. The molecule has 3 aromatic rings. The second-order valence-electron chi connectivity index (χ2n) is 5.93. The maximum atomic E-state index is 13.1. The van der Waals surface area contributed by atoms with Crippen molar-refractivity contribution in [1.29, 1.82) is 0 Å². The molecule has 5 heteroatoms. The standard InChI is InChI=1S/C16H16FN3S/c1-16(2,3)20-14-13-12(8-21-15(13)19-9-18-14)10-4-6-11(17)7-5-10/h4-9H,1-3H3,(H,18,19,20). The van der Waals surface area contributed by atoms with Crippen molar-refractivity contribution < 1.29 is 4.39 Å². The molecule has 3 rings (SSSR count). The van der Waals surface area contributed by atoms with Gasteiger partial charge in [-0.25, -0.2) is 14.4 Å². The molecule has 0 aliphatic heterocycles. The van der Waals surface area contributed by atoms with E-state index in [1.165, 1.54) is 12.1 Å². The Balaban J connectivity index is 2.18. The Morgan fingerprint density at radius 3 is 2.48 bits per heavy atom. The maximum absolute atomic E-state index is 13.1. The lowest BCUT2D eigenvalue weighted by Gasteiger charge is -2.22. The highest BCUT2D eigenvalue weighted by molar-refractivity contribution is 7.17. The Morgan fingerprint density at radius 1 is 1.10 bits per heavy atom. The van der Waals surface area contributed by atoms with Crippen molar-refractivity contribution in [2.45, 2.75) is 26.3 Å². The van der Waals surface area contributed by atoms with Crippen LogP contribution in [0.1, 0.15) is 20.8 Å². The predicted octanol–water partition coefficient (Wildman–Crippen LogP) is 4.71. The van der Waals surface area contributed by atoms with Gasteiger partial charge in [-0.2, -0.15) is 0 Å². The van der Waals surface area contributed by atoms with Crippen LogP contribution in [-0.2, 0) is 0 Å². The van der Waals surface area contributed by atoms with Crippen LogP contribution in [0.4, 0.5) is 10.2 Å². The van der Waals surface area contributed by atoms with Crippen molar-refractivity contribution in [3.8, 4) is 11.1 Å². The summed E-state index contributed by atoms with van der Waals surface area (Å²) in [5, 5.41) is 6.45. The second kappa shape index (κ2) is 5.07. The Hall–Kier alpha value is -2.01. The number of rotatable bonds is 2. The summed E-state index contributed by atoms with van der Waals surface area (Å²) in [4.78, 5) is 9.63. The first kappa shape index (κ1) is 13.9. The van der Waals surface area contributed by atoms with E-state index in [0.29, 0.717) is 0 Å². The Labute approximate surface area is 126 Å². The Bertz CT molecular complexity index is 772. The summed E-state index contributed by atoms with van der Waals surface area (Å²) in [6.07, 6.45) is 1.57. The molecule has 0 fully saturated rings. The van der Waals surface area contributed by atoms with Crippen LogP contribution in [-0.4, -0.2) is 15.5 Å². The van der Waals surface area contributed by atoms with E-state index in [2.05, 4.69) is 36.1 Å². The van der Waals surface area contributed by atoms with E-state index in [1.54, 1.807) is 29.8 Å². The first-order valence-electron chi connectivity index (χ1n) is 6.70. The average Bonchev–Trinajstić information content (AvgIpc) is 2.83. The molecule has 0 radical (unpaired) electrons. The fourth-order valence-corrected chi connectivity index (χ4v) is 3.08. The van der Waals surface area contributed by atoms with Crippen molar-refractivity contribution >= 4 is 27.4 Å². The van der Waals surface area contributed by atoms with Gasteiger partial charge in [0.2, 0.25) is 0 Å². The highest BCUT2D eigenvalue weighted by atomic mass is 32.1. The summed E-state index contributed by atoms with van der Waals surface area (Å²) >= 11 is 1.57. The van der Waals surface area contributed by atoms with Crippen LogP contribution in [0.3, 0.4) is 0 Å². The molecule has 2 heterocycles. The lowest BCUT2D eigenvalue weighted by molar-refractivity contribution is 0.628. The van der Waals surface area contributed by atoms with Crippen molar-refractivity contribution in [3.63, 3.8) is 0 Å². The molecule has 2 aromatic heterocycles. The van der Waals surface area contributed by atoms with Gasteiger partial charge in [0.05, 0.1) is 5.39 Å². The van der Waals surface area contributed by atoms with Crippen LogP contribution >= 0.6 is 11.3 Å². The van der Waals surface area contributed by atoms with E-state index < -0.39 is 0 Å². The van der Waals surface area contributed by atoms with Gasteiger partial charge in [0.25, 0.3) is 0 Å². The van der Waals surface area contributed by atoms with Gasteiger partial charge in [-0.1, -0.05) is 12.1 Å². The Kier molecular flexibility index (Phi) is 3.37. The molecule has 0 saturated carbocycles. The van der Waals surface area contributed by atoms with E-state index in [0.717, 1.165) is 27.2 Å². The molecular weight excluding hydrogens is 285 g/mol. The summed E-state index contributed by atoms with van der Waals surface area (Å²) in [5.74, 6) is 0.579. The van der Waals surface area contributed by atoms with E-state index in [1.807, 2.05) is 5.38 Å². The average molecular weight is 301 g/mol. The van der Waals surface area contributed by atoms with Gasteiger partial charge < -0.3 is 5.32 Å². The van der Waals surface area contributed by atoms with Gasteiger partial charge in [0, 0.05) is 16.5 Å². The second-order valence-corrected chi connectivity index (χ2v) is 6.79. The summed E-state index contributed by atoms with van der Waals surface area (Å²) in [6, 6.07) is 6.51. The molecule has 0 spiro atoms. The third-order valence-electron chi connectivity index (χ3n) is 3.02. The SMILES string of the molecule is CC(C)(C)Nc1ncnc2scc(-c3ccc(F)cc3)c12. The van der Waals surface area contributed by atoms with Crippen molar-refractivity contribution in [3.05, 3.63) is 41.8 Å². The number of nitrogens with zero attached hydrogens (tertiary/aromatic N) is 2. The van der Waals surface area contributed by atoms with Crippen molar-refractivity contribution in [2.24, 2.45) is 0 Å². The Morgan fingerprint density at radius 2 is 1.81 bits per heavy atom. The van der Waals surface area contributed by atoms with Gasteiger partial charge in [0.15, 0.2) is 0 Å². The molecule has 0 bridgehead atoms. The highest BCUT2D eigenvalue weighted by Gasteiger charge is 2.17. The largest absolute Gasteiger partial charge is 0.365 e. The van der Waals surface area contributed by atoms with Gasteiger partial charge in [-0.15, -0.1) is 11.3 Å². The predicted molar refractivity (Wildman–Crippen MR) is 86.2 cm³/mol. The number of aromatic nitrogens is 2. The van der Waals surface area contributed by atoms with Crippen LogP contribution in [0.5, 0.6) is 0 Å². The molecule has 0 saturated heterocycles. The molecule has 0 aliphatic carbocycles. The highest BCUT2D eigenvalue weighted by Crippen LogP contribution is 2.37. The fraction of sp³-hybridized carbons (Fsp3) is 0.250. The van der Waals surface area contributed by atoms with Crippen molar-refractivity contribution in [2.75, 3.05) is 5.32 Å². The number of anilines is 1. The van der Waals surface area contributed by atoms with E-state index in [-0.39, 0.29) is 11.4 Å². The summed E-state index contributed by atoms with van der Waals surface area (Å²) in [7, 11) is 0. The topological polar surface area (TPSA) is 37.8 Å². The lowest BCUT2D eigenvalue weighted by Crippen LogP contribution is -2.26. The molecule has 21 heavy (non-hydrogen) atoms. The van der Waals surface area contributed by atoms with Crippen molar-refractivity contribution in [1.82, 2.24) is 9.97 Å². The maximum Gasteiger partial charge on any atom is 0.139 e. The van der Waals surface area contributed by atoms with Crippen LogP contribution in [0.25, 0.3) is 21.3 Å². The molecule has 1 N–H and O–H groups in total. The number of hydrogen-bond donors (Lipinski definition) is 1. The molecule has 1 aromatic carbocycles. The van der Waals surface area contributed by atoms with Gasteiger partial charge in [-0.3, -0.25) is 0 Å².